The van der Waals surface area contributed by atoms with Gasteiger partial charge in [0.05, 0.1) is 12.7 Å². The van der Waals surface area contributed by atoms with Crippen molar-refractivity contribution in [3.05, 3.63) is 35.4 Å². The van der Waals surface area contributed by atoms with E-state index < -0.39 is 0 Å². The molecule has 0 aliphatic carbocycles. The lowest BCUT2D eigenvalue weighted by atomic mass is 9.79. The number of fused-ring (bicyclic) bond motifs is 1. The number of benzene rings is 1. The fourth-order valence-electron chi connectivity index (χ4n) is 2.22. The first-order valence-electron chi connectivity index (χ1n) is 6.51. The van der Waals surface area contributed by atoms with E-state index in [0.29, 0.717) is 0 Å². The second-order valence-corrected chi connectivity index (χ2v) is 4.83. The average Bonchev–Trinajstić information content (AvgIpc) is 2.36. The van der Waals surface area contributed by atoms with Crippen molar-refractivity contribution in [2.45, 2.75) is 39.2 Å². The molecular formula is C15H25NO. The SMILES string of the molecule is CC.CNCC1OCC(C)(C)c2ccccc21. The van der Waals surface area contributed by atoms with Crippen molar-refractivity contribution in [2.75, 3.05) is 20.2 Å². The van der Waals surface area contributed by atoms with E-state index in [0.717, 1.165) is 13.2 Å². The zero-order valence-corrected chi connectivity index (χ0v) is 11.7. The Morgan fingerprint density at radius 2 is 1.94 bits per heavy atom. The van der Waals surface area contributed by atoms with Gasteiger partial charge in [0.15, 0.2) is 0 Å². The molecule has 1 aliphatic heterocycles. The Morgan fingerprint density at radius 3 is 2.59 bits per heavy atom. The van der Waals surface area contributed by atoms with Gasteiger partial charge in [-0.1, -0.05) is 52.0 Å². The maximum Gasteiger partial charge on any atom is 0.0952 e. The van der Waals surface area contributed by atoms with E-state index in [1.807, 2.05) is 20.9 Å². The zero-order chi connectivity index (χ0) is 12.9. The van der Waals surface area contributed by atoms with Crippen molar-refractivity contribution in [3.8, 4) is 0 Å². The standard InChI is InChI=1S/C13H19NO.C2H6/c1-13(2)9-15-12(8-14-3)10-6-4-5-7-11(10)13;1-2/h4-7,12,14H,8-9H2,1-3H3;1-2H3. The van der Waals surface area contributed by atoms with Crippen LogP contribution in [0.3, 0.4) is 0 Å². The molecule has 0 spiro atoms. The molecular weight excluding hydrogens is 210 g/mol. The van der Waals surface area contributed by atoms with Gasteiger partial charge in [0.2, 0.25) is 0 Å². The van der Waals surface area contributed by atoms with Gasteiger partial charge in [-0.3, -0.25) is 0 Å². The molecule has 1 heterocycles. The predicted octanol–water partition coefficient (Wildman–Crippen LogP) is 3.28. The molecule has 0 amide bonds. The van der Waals surface area contributed by atoms with Crippen LogP contribution in [0.5, 0.6) is 0 Å². The molecule has 1 aromatic carbocycles. The van der Waals surface area contributed by atoms with Gasteiger partial charge < -0.3 is 10.1 Å². The van der Waals surface area contributed by atoms with Crippen LogP contribution in [0.2, 0.25) is 0 Å². The number of nitrogens with one attached hydrogen (secondary N) is 1. The Kier molecular flexibility index (Phi) is 5.16. The Hall–Kier alpha value is -0.860. The summed E-state index contributed by atoms with van der Waals surface area (Å²) in [7, 11) is 1.96. The summed E-state index contributed by atoms with van der Waals surface area (Å²) in [6.45, 7) is 10.2. The molecule has 0 fully saturated rings. The van der Waals surface area contributed by atoms with Crippen molar-refractivity contribution in [1.29, 1.82) is 0 Å². The highest BCUT2D eigenvalue weighted by Crippen LogP contribution is 2.37. The first kappa shape index (κ1) is 14.2. The van der Waals surface area contributed by atoms with Crippen LogP contribution in [0.15, 0.2) is 24.3 Å². The van der Waals surface area contributed by atoms with Crippen molar-refractivity contribution >= 4 is 0 Å². The third kappa shape index (κ3) is 3.08. The second-order valence-electron chi connectivity index (χ2n) is 4.83. The summed E-state index contributed by atoms with van der Waals surface area (Å²) in [6.07, 6.45) is 0.208. The van der Waals surface area contributed by atoms with E-state index >= 15 is 0 Å². The van der Waals surface area contributed by atoms with Crippen LogP contribution in [0.1, 0.15) is 44.9 Å². The Labute approximate surface area is 105 Å². The average molecular weight is 235 g/mol. The topological polar surface area (TPSA) is 21.3 Å². The Bertz CT molecular complexity index is 347. The van der Waals surface area contributed by atoms with Gasteiger partial charge in [-0.25, -0.2) is 0 Å². The fraction of sp³-hybridized carbons (Fsp3) is 0.600. The zero-order valence-electron chi connectivity index (χ0n) is 11.7. The normalized spacial score (nSPS) is 21.1. The number of rotatable bonds is 2. The monoisotopic (exact) mass is 235 g/mol. The second kappa shape index (κ2) is 6.18. The lowest BCUT2D eigenvalue weighted by molar-refractivity contribution is 0.00835. The molecule has 1 aliphatic rings. The van der Waals surface area contributed by atoms with Gasteiger partial charge in [0.25, 0.3) is 0 Å². The van der Waals surface area contributed by atoms with Crippen LogP contribution >= 0.6 is 0 Å². The van der Waals surface area contributed by atoms with Crippen LogP contribution < -0.4 is 5.32 Å². The first-order valence-corrected chi connectivity index (χ1v) is 6.51. The molecule has 0 aromatic heterocycles. The van der Waals surface area contributed by atoms with Crippen LogP contribution in [0.4, 0.5) is 0 Å². The molecule has 0 saturated heterocycles. The highest BCUT2D eigenvalue weighted by atomic mass is 16.5. The van der Waals surface area contributed by atoms with E-state index in [2.05, 4.69) is 43.4 Å². The molecule has 0 bridgehead atoms. The number of likely N-dealkylation sites (N-methyl/N-ethyl adjacent to an activating group) is 1. The molecule has 0 saturated carbocycles. The summed E-state index contributed by atoms with van der Waals surface area (Å²) in [5.74, 6) is 0. The molecule has 2 heteroatoms. The summed E-state index contributed by atoms with van der Waals surface area (Å²) in [5.41, 5.74) is 2.90. The smallest absolute Gasteiger partial charge is 0.0952 e. The molecule has 1 N–H and O–H groups in total. The predicted molar refractivity (Wildman–Crippen MR) is 73.4 cm³/mol. The molecule has 1 aromatic rings. The molecule has 0 radical (unpaired) electrons. The maximum absolute atomic E-state index is 5.90. The van der Waals surface area contributed by atoms with Gasteiger partial charge in [0.1, 0.15) is 0 Å². The molecule has 96 valence electrons. The summed E-state index contributed by atoms with van der Waals surface area (Å²) in [5, 5.41) is 3.18. The van der Waals surface area contributed by atoms with Gasteiger partial charge >= 0.3 is 0 Å². The number of hydrogen-bond donors (Lipinski definition) is 1. The van der Waals surface area contributed by atoms with Crippen molar-refractivity contribution in [3.63, 3.8) is 0 Å². The van der Waals surface area contributed by atoms with E-state index in [1.54, 1.807) is 0 Å². The summed E-state index contributed by atoms with van der Waals surface area (Å²) < 4.78 is 5.90. The van der Waals surface area contributed by atoms with E-state index in [9.17, 15) is 0 Å². The molecule has 2 rings (SSSR count). The summed E-state index contributed by atoms with van der Waals surface area (Å²) in [4.78, 5) is 0. The Balaban J connectivity index is 0.000000686. The van der Waals surface area contributed by atoms with Crippen molar-refractivity contribution in [1.82, 2.24) is 5.32 Å². The van der Waals surface area contributed by atoms with Crippen LogP contribution in [-0.4, -0.2) is 20.2 Å². The van der Waals surface area contributed by atoms with Gasteiger partial charge in [-0.15, -0.1) is 0 Å². The molecule has 1 atom stereocenters. The quantitative estimate of drug-likeness (QED) is 0.849. The maximum atomic E-state index is 5.90. The Morgan fingerprint density at radius 1 is 1.29 bits per heavy atom. The number of hydrogen-bond acceptors (Lipinski definition) is 2. The van der Waals surface area contributed by atoms with E-state index in [4.69, 9.17) is 4.74 Å². The van der Waals surface area contributed by atoms with Crippen molar-refractivity contribution in [2.24, 2.45) is 0 Å². The third-order valence-electron chi connectivity index (χ3n) is 3.07. The first-order chi connectivity index (χ1) is 8.15. The van der Waals surface area contributed by atoms with Crippen molar-refractivity contribution < 1.29 is 4.74 Å². The van der Waals surface area contributed by atoms with Gasteiger partial charge in [-0.2, -0.15) is 0 Å². The minimum atomic E-state index is 0.140. The third-order valence-corrected chi connectivity index (χ3v) is 3.07. The van der Waals surface area contributed by atoms with Gasteiger partial charge in [0, 0.05) is 12.0 Å². The lowest BCUT2D eigenvalue weighted by Crippen LogP contribution is -2.35. The van der Waals surface area contributed by atoms with Crippen LogP contribution in [-0.2, 0) is 10.2 Å². The molecule has 1 unspecified atom stereocenters. The van der Waals surface area contributed by atoms with E-state index in [1.165, 1.54) is 11.1 Å². The molecule has 17 heavy (non-hydrogen) atoms. The summed E-state index contributed by atoms with van der Waals surface area (Å²) >= 11 is 0. The number of ether oxygens (including phenoxy) is 1. The highest BCUT2D eigenvalue weighted by Gasteiger charge is 2.32. The molecule has 2 nitrogen and oxygen atoms in total. The fourth-order valence-corrected chi connectivity index (χ4v) is 2.22. The van der Waals surface area contributed by atoms with E-state index in [-0.39, 0.29) is 11.5 Å². The lowest BCUT2D eigenvalue weighted by Gasteiger charge is -2.37. The highest BCUT2D eigenvalue weighted by molar-refractivity contribution is 5.37. The summed E-state index contributed by atoms with van der Waals surface area (Å²) in [6, 6.07) is 8.60. The van der Waals surface area contributed by atoms with Crippen LogP contribution in [0.25, 0.3) is 0 Å². The largest absolute Gasteiger partial charge is 0.371 e. The minimum Gasteiger partial charge on any atom is -0.371 e. The van der Waals surface area contributed by atoms with Gasteiger partial charge in [-0.05, 0) is 18.2 Å². The van der Waals surface area contributed by atoms with Crippen LogP contribution in [0, 0.1) is 0 Å². The minimum absolute atomic E-state index is 0.140.